The molecule has 0 fully saturated rings. The van der Waals surface area contributed by atoms with E-state index in [4.69, 9.17) is 0 Å². The van der Waals surface area contributed by atoms with Gasteiger partial charge in [0.1, 0.15) is 0 Å². The SMILES string of the molecule is C=CCCNCc1ccnn1C(C)C. The van der Waals surface area contributed by atoms with E-state index in [0.717, 1.165) is 19.5 Å². The molecule has 3 heteroatoms. The van der Waals surface area contributed by atoms with E-state index in [-0.39, 0.29) is 0 Å². The van der Waals surface area contributed by atoms with Crippen LogP contribution in [0.15, 0.2) is 24.9 Å². The lowest BCUT2D eigenvalue weighted by atomic mass is 10.3. The van der Waals surface area contributed by atoms with Gasteiger partial charge in [-0.2, -0.15) is 5.10 Å². The maximum absolute atomic E-state index is 4.27. The minimum absolute atomic E-state index is 0.432. The van der Waals surface area contributed by atoms with Crippen LogP contribution in [0.4, 0.5) is 0 Å². The van der Waals surface area contributed by atoms with Gasteiger partial charge >= 0.3 is 0 Å². The fraction of sp³-hybridized carbons (Fsp3) is 0.545. The zero-order valence-electron chi connectivity index (χ0n) is 9.03. The number of hydrogen-bond acceptors (Lipinski definition) is 2. The normalized spacial score (nSPS) is 10.8. The molecule has 1 rings (SSSR count). The first-order valence-electron chi connectivity index (χ1n) is 5.09. The molecule has 0 amide bonds. The zero-order chi connectivity index (χ0) is 10.4. The molecule has 1 aromatic heterocycles. The molecule has 0 aromatic carbocycles. The first-order chi connectivity index (χ1) is 6.75. The van der Waals surface area contributed by atoms with Crippen molar-refractivity contribution in [3.8, 4) is 0 Å². The van der Waals surface area contributed by atoms with Gasteiger partial charge in [-0.15, -0.1) is 6.58 Å². The summed E-state index contributed by atoms with van der Waals surface area (Å²) in [5.74, 6) is 0. The van der Waals surface area contributed by atoms with Gasteiger partial charge in [0.15, 0.2) is 0 Å². The van der Waals surface area contributed by atoms with Crippen LogP contribution in [0.25, 0.3) is 0 Å². The van der Waals surface area contributed by atoms with E-state index in [1.807, 2.05) is 17.0 Å². The lowest BCUT2D eigenvalue weighted by Crippen LogP contribution is -2.18. The molecule has 0 saturated carbocycles. The molecule has 1 aromatic rings. The summed E-state index contributed by atoms with van der Waals surface area (Å²) >= 11 is 0. The highest BCUT2D eigenvalue weighted by atomic mass is 15.3. The van der Waals surface area contributed by atoms with E-state index >= 15 is 0 Å². The second kappa shape index (κ2) is 5.60. The van der Waals surface area contributed by atoms with Gasteiger partial charge < -0.3 is 5.32 Å². The van der Waals surface area contributed by atoms with Gasteiger partial charge in [0.05, 0.1) is 5.69 Å². The van der Waals surface area contributed by atoms with Crippen molar-refractivity contribution in [2.45, 2.75) is 32.9 Å². The Morgan fingerprint density at radius 3 is 3.07 bits per heavy atom. The number of nitrogens with one attached hydrogen (secondary N) is 1. The monoisotopic (exact) mass is 193 g/mol. The summed E-state index contributed by atoms with van der Waals surface area (Å²) < 4.78 is 2.04. The van der Waals surface area contributed by atoms with Crippen molar-refractivity contribution in [1.29, 1.82) is 0 Å². The third-order valence-electron chi connectivity index (χ3n) is 2.07. The summed E-state index contributed by atoms with van der Waals surface area (Å²) in [5.41, 5.74) is 1.24. The van der Waals surface area contributed by atoms with Gasteiger partial charge in [-0.25, -0.2) is 0 Å². The Balaban J connectivity index is 2.41. The number of hydrogen-bond donors (Lipinski definition) is 1. The lowest BCUT2D eigenvalue weighted by Gasteiger charge is -2.11. The van der Waals surface area contributed by atoms with Crippen molar-refractivity contribution in [3.63, 3.8) is 0 Å². The van der Waals surface area contributed by atoms with Crippen LogP contribution in [0.1, 0.15) is 32.0 Å². The van der Waals surface area contributed by atoms with Crippen LogP contribution in [0.5, 0.6) is 0 Å². The predicted octanol–water partition coefficient (Wildman–Crippen LogP) is 2.13. The zero-order valence-corrected chi connectivity index (χ0v) is 9.03. The van der Waals surface area contributed by atoms with E-state index < -0.39 is 0 Å². The molecule has 78 valence electrons. The number of aromatic nitrogens is 2. The molecule has 0 aliphatic carbocycles. The molecule has 0 aliphatic heterocycles. The van der Waals surface area contributed by atoms with E-state index in [9.17, 15) is 0 Å². The van der Waals surface area contributed by atoms with Gasteiger partial charge in [-0.3, -0.25) is 4.68 Å². The maximum atomic E-state index is 4.27. The summed E-state index contributed by atoms with van der Waals surface area (Å²) in [7, 11) is 0. The fourth-order valence-corrected chi connectivity index (χ4v) is 1.37. The molecular weight excluding hydrogens is 174 g/mol. The third kappa shape index (κ3) is 3.00. The van der Waals surface area contributed by atoms with Crippen molar-refractivity contribution in [2.75, 3.05) is 6.54 Å². The molecule has 0 radical (unpaired) electrons. The molecule has 0 bridgehead atoms. The van der Waals surface area contributed by atoms with E-state index in [2.05, 4.69) is 36.9 Å². The quantitative estimate of drug-likeness (QED) is 0.554. The van der Waals surface area contributed by atoms with Crippen molar-refractivity contribution < 1.29 is 0 Å². The van der Waals surface area contributed by atoms with Crippen molar-refractivity contribution in [3.05, 3.63) is 30.6 Å². The standard InChI is InChI=1S/C11H19N3/c1-4-5-7-12-9-11-6-8-13-14(11)10(2)3/h4,6,8,10,12H,1,5,7,9H2,2-3H3. The molecule has 0 atom stereocenters. The summed E-state index contributed by atoms with van der Waals surface area (Å²) in [5, 5.41) is 7.62. The van der Waals surface area contributed by atoms with Crippen LogP contribution < -0.4 is 5.32 Å². The Kier molecular flexibility index (Phi) is 4.40. The Morgan fingerprint density at radius 1 is 1.64 bits per heavy atom. The van der Waals surface area contributed by atoms with Gasteiger partial charge in [-0.1, -0.05) is 6.08 Å². The number of rotatable bonds is 6. The van der Waals surface area contributed by atoms with Crippen LogP contribution in [0.3, 0.4) is 0 Å². The molecule has 1 heterocycles. The topological polar surface area (TPSA) is 29.9 Å². The van der Waals surface area contributed by atoms with Crippen LogP contribution in [0.2, 0.25) is 0 Å². The van der Waals surface area contributed by atoms with Crippen LogP contribution >= 0.6 is 0 Å². The Hall–Kier alpha value is -1.09. The summed E-state index contributed by atoms with van der Waals surface area (Å²) in [6, 6.07) is 2.49. The molecule has 3 nitrogen and oxygen atoms in total. The van der Waals surface area contributed by atoms with E-state index in [1.54, 1.807) is 0 Å². The highest BCUT2D eigenvalue weighted by molar-refractivity contribution is 5.01. The Labute approximate surface area is 85.8 Å². The van der Waals surface area contributed by atoms with Gasteiger partial charge in [-0.05, 0) is 32.9 Å². The largest absolute Gasteiger partial charge is 0.311 e. The smallest absolute Gasteiger partial charge is 0.0525 e. The first kappa shape index (κ1) is 11.0. The van der Waals surface area contributed by atoms with E-state index in [1.165, 1.54) is 5.69 Å². The third-order valence-corrected chi connectivity index (χ3v) is 2.07. The minimum atomic E-state index is 0.432. The molecule has 0 saturated heterocycles. The predicted molar refractivity (Wildman–Crippen MR) is 59.1 cm³/mol. The first-order valence-corrected chi connectivity index (χ1v) is 5.09. The molecule has 14 heavy (non-hydrogen) atoms. The van der Waals surface area contributed by atoms with Crippen molar-refractivity contribution in [2.24, 2.45) is 0 Å². The second-order valence-electron chi connectivity index (χ2n) is 3.61. The Bertz CT molecular complexity index is 276. The van der Waals surface area contributed by atoms with E-state index in [0.29, 0.717) is 6.04 Å². The van der Waals surface area contributed by atoms with Crippen molar-refractivity contribution in [1.82, 2.24) is 15.1 Å². The van der Waals surface area contributed by atoms with Gasteiger partial charge in [0.25, 0.3) is 0 Å². The fourth-order valence-electron chi connectivity index (χ4n) is 1.37. The Morgan fingerprint density at radius 2 is 2.43 bits per heavy atom. The molecule has 1 N–H and O–H groups in total. The molecular formula is C11H19N3. The van der Waals surface area contributed by atoms with Crippen LogP contribution in [-0.4, -0.2) is 16.3 Å². The lowest BCUT2D eigenvalue weighted by molar-refractivity contribution is 0.496. The maximum Gasteiger partial charge on any atom is 0.0525 e. The average molecular weight is 193 g/mol. The second-order valence-corrected chi connectivity index (χ2v) is 3.61. The van der Waals surface area contributed by atoms with Gasteiger partial charge in [0, 0.05) is 18.8 Å². The average Bonchev–Trinajstić information content (AvgIpc) is 2.60. The van der Waals surface area contributed by atoms with Gasteiger partial charge in [0.2, 0.25) is 0 Å². The molecule has 0 spiro atoms. The minimum Gasteiger partial charge on any atom is -0.311 e. The highest BCUT2D eigenvalue weighted by Crippen LogP contribution is 2.07. The molecule has 0 unspecified atom stereocenters. The summed E-state index contributed by atoms with van der Waals surface area (Å²) in [6.07, 6.45) is 4.78. The molecule has 0 aliphatic rings. The van der Waals surface area contributed by atoms with Crippen molar-refractivity contribution >= 4 is 0 Å². The summed E-state index contributed by atoms with van der Waals surface area (Å²) in [6.45, 7) is 9.82. The highest BCUT2D eigenvalue weighted by Gasteiger charge is 2.04. The van der Waals surface area contributed by atoms with Crippen LogP contribution in [0, 0.1) is 0 Å². The van der Waals surface area contributed by atoms with Crippen LogP contribution in [-0.2, 0) is 6.54 Å². The summed E-state index contributed by atoms with van der Waals surface area (Å²) in [4.78, 5) is 0. The number of nitrogens with zero attached hydrogens (tertiary/aromatic N) is 2.